The lowest BCUT2D eigenvalue weighted by Crippen LogP contribution is -2.28. The molecular formula is C29H27ClN2O3. The molecule has 0 bridgehead atoms. The topological polar surface area (TPSA) is 59.4 Å². The van der Waals surface area contributed by atoms with Crippen LogP contribution in [0.5, 0.6) is 0 Å². The average molecular weight is 487 g/mol. The van der Waals surface area contributed by atoms with E-state index >= 15 is 0 Å². The van der Waals surface area contributed by atoms with Crippen LogP contribution in [0.25, 0.3) is 21.9 Å². The van der Waals surface area contributed by atoms with Gasteiger partial charge in [-0.3, -0.25) is 19.0 Å². The summed E-state index contributed by atoms with van der Waals surface area (Å²) in [6.07, 6.45) is 0.568. The van der Waals surface area contributed by atoms with Gasteiger partial charge in [-0.25, -0.2) is 0 Å². The molecule has 5 nitrogen and oxygen atoms in total. The molecule has 0 atom stereocenters. The van der Waals surface area contributed by atoms with Gasteiger partial charge in [0.25, 0.3) is 5.56 Å². The first-order valence-electron chi connectivity index (χ1n) is 11.5. The van der Waals surface area contributed by atoms with Gasteiger partial charge in [-0.2, -0.15) is 0 Å². The molecule has 0 unspecified atom stereocenters. The average Bonchev–Trinajstić information content (AvgIpc) is 2.86. The third-order valence-electron chi connectivity index (χ3n) is 6.10. The van der Waals surface area contributed by atoms with Crippen LogP contribution in [0.4, 0.5) is 0 Å². The summed E-state index contributed by atoms with van der Waals surface area (Å²) in [5.74, 6) is -0.0958. The summed E-state index contributed by atoms with van der Waals surface area (Å²) in [7, 11) is 3.46. The monoisotopic (exact) mass is 486 g/mol. The molecule has 1 heterocycles. The van der Waals surface area contributed by atoms with Crippen molar-refractivity contribution in [3.05, 3.63) is 105 Å². The third-order valence-corrected chi connectivity index (χ3v) is 6.33. The number of rotatable bonds is 7. The van der Waals surface area contributed by atoms with Crippen LogP contribution in [0, 0.1) is 0 Å². The van der Waals surface area contributed by atoms with E-state index in [1.54, 1.807) is 48.7 Å². The molecule has 1 amide bonds. The number of fused-ring (bicyclic) bond motifs is 1. The maximum Gasteiger partial charge on any atom is 0.259 e. The Morgan fingerprint density at radius 2 is 1.54 bits per heavy atom. The Morgan fingerprint density at radius 1 is 0.886 bits per heavy atom. The van der Waals surface area contributed by atoms with Crippen LogP contribution in [0.1, 0.15) is 35.0 Å². The second-order valence-electron chi connectivity index (χ2n) is 8.73. The van der Waals surface area contributed by atoms with Crippen LogP contribution in [-0.4, -0.2) is 35.3 Å². The lowest BCUT2D eigenvalue weighted by molar-refractivity contribution is -0.127. The van der Waals surface area contributed by atoms with Gasteiger partial charge in [0.15, 0.2) is 5.78 Å². The van der Waals surface area contributed by atoms with Crippen molar-refractivity contribution in [3.8, 4) is 11.1 Å². The zero-order chi connectivity index (χ0) is 25.1. The zero-order valence-electron chi connectivity index (χ0n) is 20.0. The minimum Gasteiger partial charge on any atom is -0.349 e. The molecule has 0 fully saturated rings. The number of hydrogen-bond acceptors (Lipinski definition) is 3. The lowest BCUT2D eigenvalue weighted by atomic mass is 9.94. The number of Topliss-reactive ketones (excluding diaryl/α,β-unsaturated/α-hetero) is 1. The van der Waals surface area contributed by atoms with Crippen LogP contribution in [0.15, 0.2) is 77.6 Å². The third kappa shape index (κ3) is 5.05. The smallest absolute Gasteiger partial charge is 0.259 e. The highest BCUT2D eigenvalue weighted by Crippen LogP contribution is 2.33. The van der Waals surface area contributed by atoms with Crippen molar-refractivity contribution < 1.29 is 9.59 Å². The number of nitrogens with zero attached hydrogens (tertiary/aromatic N) is 2. The number of benzene rings is 3. The van der Waals surface area contributed by atoms with Crippen molar-refractivity contribution in [2.45, 2.75) is 26.3 Å². The lowest BCUT2D eigenvalue weighted by Gasteiger charge is -2.19. The fourth-order valence-electron chi connectivity index (χ4n) is 4.20. The maximum atomic E-state index is 13.7. The Hall–Kier alpha value is -3.70. The largest absolute Gasteiger partial charge is 0.349 e. The van der Waals surface area contributed by atoms with Crippen molar-refractivity contribution in [2.75, 3.05) is 14.1 Å². The summed E-state index contributed by atoms with van der Waals surface area (Å²) in [5.41, 5.74) is 3.46. The van der Waals surface area contributed by atoms with Crippen molar-refractivity contribution in [3.63, 3.8) is 0 Å². The number of pyridine rings is 1. The molecule has 0 radical (unpaired) electrons. The molecular weight excluding hydrogens is 460 g/mol. The minimum atomic E-state index is -0.236. The summed E-state index contributed by atoms with van der Waals surface area (Å²) in [6, 6.07) is 22.4. The fourth-order valence-corrected chi connectivity index (χ4v) is 4.37. The van der Waals surface area contributed by atoms with E-state index in [2.05, 4.69) is 0 Å². The van der Waals surface area contributed by atoms with Gasteiger partial charge in [-0.1, -0.05) is 73.1 Å². The van der Waals surface area contributed by atoms with E-state index in [-0.39, 0.29) is 30.2 Å². The number of carbonyl (C=O) groups excluding carboxylic acids is 2. The standard InChI is InChI=1S/C29H27ClN2O3/c1-4-25(33)28-27(21-8-6-5-7-9-21)24-17-22(30)14-15-23(24)29(35)32(28)18-20-12-10-19(11-13-20)16-26(34)31(2)3/h5-15,17H,4,16,18H2,1-3H3. The quantitative estimate of drug-likeness (QED) is 0.320. The van der Waals surface area contributed by atoms with E-state index < -0.39 is 0 Å². The Morgan fingerprint density at radius 3 is 2.17 bits per heavy atom. The van der Waals surface area contributed by atoms with Crippen molar-refractivity contribution in [2.24, 2.45) is 0 Å². The predicted molar refractivity (Wildman–Crippen MR) is 141 cm³/mol. The number of likely N-dealkylation sites (N-methyl/N-ethyl adjacent to an activating group) is 1. The normalized spacial score (nSPS) is 11.0. The van der Waals surface area contributed by atoms with Crippen LogP contribution < -0.4 is 5.56 Å². The number of aromatic nitrogens is 1. The van der Waals surface area contributed by atoms with Gasteiger partial charge in [0.05, 0.1) is 18.7 Å². The minimum absolute atomic E-state index is 0.0190. The van der Waals surface area contributed by atoms with Gasteiger partial charge in [-0.05, 0) is 40.3 Å². The number of amides is 1. The first-order chi connectivity index (χ1) is 16.8. The molecule has 0 saturated carbocycles. The van der Waals surface area contributed by atoms with Crippen LogP contribution in [0.3, 0.4) is 0 Å². The van der Waals surface area contributed by atoms with Gasteiger partial charge in [0.1, 0.15) is 0 Å². The van der Waals surface area contributed by atoms with Crippen molar-refractivity contribution in [1.29, 1.82) is 0 Å². The van der Waals surface area contributed by atoms with Crippen LogP contribution in [-0.2, 0) is 17.8 Å². The second-order valence-corrected chi connectivity index (χ2v) is 9.17. The van der Waals surface area contributed by atoms with E-state index in [0.29, 0.717) is 33.5 Å². The SMILES string of the molecule is CCC(=O)c1c(-c2ccccc2)c2cc(Cl)ccc2c(=O)n1Cc1ccc(CC(=O)N(C)C)cc1. The molecule has 178 valence electrons. The molecule has 0 saturated heterocycles. The molecule has 0 aliphatic rings. The number of ketones is 1. The number of carbonyl (C=O) groups is 2. The van der Waals surface area contributed by atoms with Crippen LogP contribution >= 0.6 is 11.6 Å². The van der Waals surface area contributed by atoms with Crippen molar-refractivity contribution in [1.82, 2.24) is 9.47 Å². The summed E-state index contributed by atoms with van der Waals surface area (Å²) < 4.78 is 1.57. The summed E-state index contributed by atoms with van der Waals surface area (Å²) in [5, 5.41) is 1.68. The van der Waals surface area contributed by atoms with E-state index in [1.165, 1.54) is 0 Å². The summed E-state index contributed by atoms with van der Waals surface area (Å²) in [6.45, 7) is 2.03. The summed E-state index contributed by atoms with van der Waals surface area (Å²) in [4.78, 5) is 40.6. The molecule has 1 aromatic heterocycles. The Bertz CT molecular complexity index is 1460. The summed E-state index contributed by atoms with van der Waals surface area (Å²) >= 11 is 6.32. The van der Waals surface area contributed by atoms with Gasteiger partial charge in [0.2, 0.25) is 5.91 Å². The molecule has 6 heteroatoms. The molecule has 0 aliphatic heterocycles. The molecule has 35 heavy (non-hydrogen) atoms. The Kier molecular flexibility index (Phi) is 7.17. The number of halogens is 1. The zero-order valence-corrected chi connectivity index (χ0v) is 20.8. The van der Waals surface area contributed by atoms with E-state index in [4.69, 9.17) is 11.6 Å². The van der Waals surface area contributed by atoms with E-state index in [0.717, 1.165) is 16.7 Å². The van der Waals surface area contributed by atoms with Gasteiger partial charge in [0, 0.05) is 36.5 Å². The molecule has 0 aliphatic carbocycles. The molecule has 3 aromatic carbocycles. The highest BCUT2D eigenvalue weighted by Gasteiger charge is 2.23. The predicted octanol–water partition coefficient (Wildman–Crippen LogP) is 5.59. The van der Waals surface area contributed by atoms with Gasteiger partial charge in [-0.15, -0.1) is 0 Å². The van der Waals surface area contributed by atoms with Crippen molar-refractivity contribution >= 4 is 34.1 Å². The Labute approximate surface area is 209 Å². The van der Waals surface area contributed by atoms with Gasteiger partial charge >= 0.3 is 0 Å². The highest BCUT2D eigenvalue weighted by molar-refractivity contribution is 6.31. The fraction of sp³-hybridized carbons (Fsp3) is 0.207. The molecule has 4 rings (SSSR count). The second kappa shape index (κ2) is 10.3. The molecule has 0 N–H and O–H groups in total. The highest BCUT2D eigenvalue weighted by atomic mass is 35.5. The maximum absolute atomic E-state index is 13.7. The van der Waals surface area contributed by atoms with E-state index in [9.17, 15) is 14.4 Å². The Balaban J connectivity index is 1.90. The van der Waals surface area contributed by atoms with Crippen LogP contribution in [0.2, 0.25) is 5.02 Å². The first-order valence-corrected chi connectivity index (χ1v) is 11.9. The molecule has 4 aromatic rings. The molecule has 0 spiro atoms. The first kappa shape index (κ1) is 24.4. The van der Waals surface area contributed by atoms with Gasteiger partial charge < -0.3 is 4.90 Å². The van der Waals surface area contributed by atoms with E-state index in [1.807, 2.05) is 54.6 Å². The number of hydrogen-bond donors (Lipinski definition) is 0.